The van der Waals surface area contributed by atoms with Gasteiger partial charge in [-0.2, -0.15) is 0 Å². The molecule has 0 bridgehead atoms. The molecule has 2 aromatic rings. The Morgan fingerprint density at radius 2 is 1.76 bits per heavy atom. The third kappa shape index (κ3) is 6.03. The van der Waals surface area contributed by atoms with Crippen LogP contribution >= 0.6 is 0 Å². The first-order chi connectivity index (χ1) is 12.0. The molecular formula is C20H26N2O3. The Kier molecular flexibility index (Phi) is 6.69. The predicted molar refractivity (Wildman–Crippen MR) is 99.0 cm³/mol. The second-order valence-electron chi connectivity index (χ2n) is 6.27. The van der Waals surface area contributed by atoms with Gasteiger partial charge in [-0.3, -0.25) is 0 Å². The summed E-state index contributed by atoms with van der Waals surface area (Å²) in [5.74, 6) is 1.37. The van der Waals surface area contributed by atoms with Crippen molar-refractivity contribution in [1.82, 2.24) is 10.6 Å². The molecule has 0 spiro atoms. The summed E-state index contributed by atoms with van der Waals surface area (Å²) in [7, 11) is 0. The van der Waals surface area contributed by atoms with E-state index in [0.29, 0.717) is 18.9 Å². The van der Waals surface area contributed by atoms with Gasteiger partial charge in [-0.15, -0.1) is 0 Å². The molecule has 0 aliphatic rings. The van der Waals surface area contributed by atoms with E-state index in [9.17, 15) is 9.90 Å². The number of carbonyl (C=O) groups is 1. The Morgan fingerprint density at radius 1 is 1.08 bits per heavy atom. The van der Waals surface area contributed by atoms with Crippen molar-refractivity contribution in [3.63, 3.8) is 0 Å². The second-order valence-corrected chi connectivity index (χ2v) is 6.27. The molecule has 2 amide bonds. The molecule has 1 atom stereocenters. The number of nitrogens with one attached hydrogen (secondary N) is 2. The third-order valence-corrected chi connectivity index (χ3v) is 3.81. The fourth-order valence-electron chi connectivity index (χ4n) is 2.50. The summed E-state index contributed by atoms with van der Waals surface area (Å²) in [5.41, 5.74) is 2.16. The van der Waals surface area contributed by atoms with Crippen molar-refractivity contribution in [2.75, 3.05) is 6.54 Å². The number of hydrogen-bond donors (Lipinski definition) is 3. The van der Waals surface area contributed by atoms with E-state index < -0.39 is 6.23 Å². The zero-order chi connectivity index (χ0) is 18.2. The number of phenolic OH excluding ortho intramolecular Hbond substituents is 1. The molecule has 1 unspecified atom stereocenters. The number of rotatable bonds is 7. The van der Waals surface area contributed by atoms with Gasteiger partial charge in [0, 0.05) is 6.54 Å². The largest absolute Gasteiger partial charge is 0.508 e. The van der Waals surface area contributed by atoms with Crippen LogP contribution in [0.4, 0.5) is 4.79 Å². The van der Waals surface area contributed by atoms with Gasteiger partial charge in [-0.1, -0.05) is 44.2 Å². The minimum Gasteiger partial charge on any atom is -0.508 e. The Bertz CT molecular complexity index is 684. The Balaban J connectivity index is 1.77. The second kappa shape index (κ2) is 8.97. The van der Waals surface area contributed by atoms with Gasteiger partial charge in [0.25, 0.3) is 0 Å². The lowest BCUT2D eigenvalue weighted by Gasteiger charge is -2.20. The molecule has 134 valence electrons. The van der Waals surface area contributed by atoms with Crippen LogP contribution in [0.25, 0.3) is 0 Å². The maximum Gasteiger partial charge on any atom is 0.317 e. The van der Waals surface area contributed by atoms with Crippen molar-refractivity contribution in [3.8, 4) is 11.5 Å². The summed E-state index contributed by atoms with van der Waals surface area (Å²) in [6.07, 6.45) is 0.257. The first kappa shape index (κ1) is 18.6. The molecule has 0 fully saturated rings. The molecule has 0 saturated heterocycles. The normalized spacial score (nSPS) is 11.8. The van der Waals surface area contributed by atoms with Gasteiger partial charge in [0.1, 0.15) is 11.5 Å². The summed E-state index contributed by atoms with van der Waals surface area (Å²) in [5, 5.41) is 14.8. The van der Waals surface area contributed by atoms with Gasteiger partial charge >= 0.3 is 6.03 Å². The number of urea groups is 1. The first-order valence-corrected chi connectivity index (χ1v) is 8.53. The van der Waals surface area contributed by atoms with Gasteiger partial charge in [-0.05, 0) is 48.6 Å². The zero-order valence-corrected chi connectivity index (χ0v) is 15.0. The van der Waals surface area contributed by atoms with E-state index in [2.05, 4.69) is 24.5 Å². The summed E-state index contributed by atoms with van der Waals surface area (Å²) in [6, 6.07) is 14.5. The lowest BCUT2D eigenvalue weighted by molar-refractivity contribution is 0.175. The average Bonchev–Trinajstić information content (AvgIpc) is 2.57. The number of ether oxygens (including phenoxy) is 1. The maximum atomic E-state index is 12.0. The molecule has 3 N–H and O–H groups in total. The quantitative estimate of drug-likeness (QED) is 0.671. The van der Waals surface area contributed by atoms with E-state index >= 15 is 0 Å². The Hall–Kier alpha value is -2.69. The fraction of sp³-hybridized carbons (Fsp3) is 0.350. The smallest absolute Gasteiger partial charge is 0.317 e. The molecule has 25 heavy (non-hydrogen) atoms. The zero-order valence-electron chi connectivity index (χ0n) is 15.0. The van der Waals surface area contributed by atoms with Crippen molar-refractivity contribution in [3.05, 3.63) is 59.7 Å². The van der Waals surface area contributed by atoms with Crippen molar-refractivity contribution in [2.24, 2.45) is 0 Å². The maximum absolute atomic E-state index is 12.0. The van der Waals surface area contributed by atoms with Crippen LogP contribution in [0.5, 0.6) is 11.5 Å². The van der Waals surface area contributed by atoms with Crippen LogP contribution in [0, 0.1) is 0 Å². The monoisotopic (exact) mass is 342 g/mol. The van der Waals surface area contributed by atoms with E-state index in [4.69, 9.17) is 4.74 Å². The van der Waals surface area contributed by atoms with Gasteiger partial charge in [0.05, 0.1) is 0 Å². The van der Waals surface area contributed by atoms with Crippen molar-refractivity contribution in [2.45, 2.75) is 39.3 Å². The highest BCUT2D eigenvalue weighted by molar-refractivity contribution is 5.74. The summed E-state index contributed by atoms with van der Waals surface area (Å²) in [6.45, 7) is 6.52. The molecule has 0 radical (unpaired) electrons. The number of benzene rings is 2. The van der Waals surface area contributed by atoms with Gasteiger partial charge in [0.2, 0.25) is 0 Å². The summed E-state index contributed by atoms with van der Waals surface area (Å²) < 4.78 is 5.86. The predicted octanol–water partition coefficient (Wildman–Crippen LogP) is 3.78. The van der Waals surface area contributed by atoms with Crippen molar-refractivity contribution >= 4 is 6.03 Å². The van der Waals surface area contributed by atoms with Crippen molar-refractivity contribution < 1.29 is 14.6 Å². The fourth-order valence-corrected chi connectivity index (χ4v) is 2.50. The lowest BCUT2D eigenvalue weighted by Crippen LogP contribution is -2.44. The van der Waals surface area contributed by atoms with Crippen LogP contribution in [-0.4, -0.2) is 23.9 Å². The highest BCUT2D eigenvalue weighted by Gasteiger charge is 2.12. The number of para-hydroxylation sites is 1. The molecule has 0 saturated carbocycles. The number of amides is 2. The molecule has 2 aromatic carbocycles. The van der Waals surface area contributed by atoms with Crippen LogP contribution in [0.1, 0.15) is 37.8 Å². The lowest BCUT2D eigenvalue weighted by atomic mass is 10.0. The third-order valence-electron chi connectivity index (χ3n) is 3.81. The molecule has 2 rings (SSSR count). The Labute approximate surface area is 149 Å². The standard InChI is InChI=1S/C20H26N2O3/c1-14(2)18-6-4-5-7-19(18)25-15(3)22-20(24)21-13-12-16-8-10-17(23)11-9-16/h4-11,14-15,23H,12-13H2,1-3H3,(H2,21,22,24). The SMILES string of the molecule is CC(NC(=O)NCCc1ccc(O)cc1)Oc1ccccc1C(C)C. The van der Waals surface area contributed by atoms with Gasteiger partial charge < -0.3 is 20.5 Å². The van der Waals surface area contributed by atoms with E-state index in [1.165, 1.54) is 0 Å². The van der Waals surface area contributed by atoms with Crippen molar-refractivity contribution in [1.29, 1.82) is 0 Å². The highest BCUT2D eigenvalue weighted by atomic mass is 16.5. The Morgan fingerprint density at radius 3 is 2.44 bits per heavy atom. The molecule has 0 heterocycles. The number of hydrogen-bond acceptors (Lipinski definition) is 3. The topological polar surface area (TPSA) is 70.6 Å². The van der Waals surface area contributed by atoms with Crippen LogP contribution in [0.3, 0.4) is 0 Å². The minimum absolute atomic E-state index is 0.238. The number of phenols is 1. The minimum atomic E-state index is -0.437. The average molecular weight is 342 g/mol. The number of aromatic hydroxyl groups is 1. The first-order valence-electron chi connectivity index (χ1n) is 8.53. The van der Waals surface area contributed by atoms with Crippen LogP contribution in [-0.2, 0) is 6.42 Å². The van der Waals surface area contributed by atoms with Crippen LogP contribution in [0.15, 0.2) is 48.5 Å². The summed E-state index contributed by atoms with van der Waals surface area (Å²) >= 11 is 0. The highest BCUT2D eigenvalue weighted by Crippen LogP contribution is 2.26. The molecule has 5 nitrogen and oxygen atoms in total. The summed E-state index contributed by atoms with van der Waals surface area (Å²) in [4.78, 5) is 12.0. The van der Waals surface area contributed by atoms with Crippen LogP contribution < -0.4 is 15.4 Å². The molecule has 0 aliphatic heterocycles. The molecular weight excluding hydrogens is 316 g/mol. The van der Waals surface area contributed by atoms with E-state index in [-0.39, 0.29) is 11.8 Å². The van der Waals surface area contributed by atoms with E-state index in [1.807, 2.05) is 36.4 Å². The van der Waals surface area contributed by atoms with Crippen LogP contribution in [0.2, 0.25) is 0 Å². The van der Waals surface area contributed by atoms with Gasteiger partial charge in [0.15, 0.2) is 6.23 Å². The van der Waals surface area contributed by atoms with E-state index in [1.54, 1.807) is 19.1 Å². The van der Waals surface area contributed by atoms with Gasteiger partial charge in [-0.25, -0.2) is 4.79 Å². The molecule has 5 heteroatoms. The number of carbonyl (C=O) groups excluding carboxylic acids is 1. The van der Waals surface area contributed by atoms with E-state index in [0.717, 1.165) is 16.9 Å². The molecule has 0 aromatic heterocycles. The molecule has 0 aliphatic carbocycles.